The van der Waals surface area contributed by atoms with E-state index in [9.17, 15) is 4.79 Å². The Bertz CT molecular complexity index is 505. The van der Waals surface area contributed by atoms with Crippen molar-refractivity contribution >= 4 is 23.3 Å². The molecule has 110 valence electrons. The first-order valence-electron chi connectivity index (χ1n) is 6.46. The lowest BCUT2D eigenvalue weighted by Crippen LogP contribution is -2.56. The minimum Gasteiger partial charge on any atom is -0.409 e. The van der Waals surface area contributed by atoms with Crippen LogP contribution in [0.1, 0.15) is 42.6 Å². The lowest BCUT2D eigenvalue weighted by Gasteiger charge is -2.31. The third kappa shape index (κ3) is 3.42. The van der Waals surface area contributed by atoms with E-state index in [1.807, 2.05) is 20.8 Å². The second kappa shape index (κ2) is 6.61. The zero-order valence-corrected chi connectivity index (χ0v) is 12.7. The molecule has 0 atom stereocenters. The van der Waals surface area contributed by atoms with Gasteiger partial charge in [-0.3, -0.25) is 4.79 Å². The Labute approximate surface area is 123 Å². The first-order chi connectivity index (χ1) is 9.38. The highest BCUT2D eigenvalue weighted by Gasteiger charge is 2.33. The van der Waals surface area contributed by atoms with Gasteiger partial charge in [0.05, 0.1) is 0 Å². The maximum Gasteiger partial charge on any atom is 0.252 e. The van der Waals surface area contributed by atoms with Crippen LogP contribution in [0.4, 0.5) is 0 Å². The SMILES string of the molecule is CCC(CC)(NC(=O)c1cc(C)cc(Cl)c1)/C(N)=N/O. The van der Waals surface area contributed by atoms with Crippen LogP contribution in [0.15, 0.2) is 23.4 Å². The predicted octanol–water partition coefficient (Wildman–Crippen LogP) is 2.68. The lowest BCUT2D eigenvalue weighted by atomic mass is 9.91. The molecule has 1 aromatic rings. The van der Waals surface area contributed by atoms with E-state index in [-0.39, 0.29) is 11.7 Å². The number of carbonyl (C=O) groups is 1. The minimum absolute atomic E-state index is 0.00500. The van der Waals surface area contributed by atoms with Crippen LogP contribution < -0.4 is 11.1 Å². The van der Waals surface area contributed by atoms with Crippen molar-refractivity contribution in [1.82, 2.24) is 5.32 Å². The third-order valence-corrected chi connectivity index (χ3v) is 3.68. The second-order valence-corrected chi connectivity index (χ2v) is 5.18. The maximum absolute atomic E-state index is 12.3. The molecule has 0 aliphatic heterocycles. The first kappa shape index (κ1) is 16.3. The number of carbonyl (C=O) groups excluding carboxylic acids is 1. The fraction of sp³-hybridized carbons (Fsp3) is 0.429. The van der Waals surface area contributed by atoms with E-state index in [0.29, 0.717) is 23.4 Å². The van der Waals surface area contributed by atoms with E-state index in [0.717, 1.165) is 5.56 Å². The van der Waals surface area contributed by atoms with Gasteiger partial charge in [0.1, 0.15) is 5.54 Å². The number of amides is 1. The molecule has 0 aromatic heterocycles. The Kier molecular flexibility index (Phi) is 5.39. The average molecular weight is 298 g/mol. The van der Waals surface area contributed by atoms with Crippen LogP contribution in [0.2, 0.25) is 5.02 Å². The molecule has 0 heterocycles. The number of nitrogens with zero attached hydrogens (tertiary/aromatic N) is 1. The average Bonchev–Trinajstić information content (AvgIpc) is 2.42. The van der Waals surface area contributed by atoms with Gasteiger partial charge in [-0.25, -0.2) is 0 Å². The molecule has 4 N–H and O–H groups in total. The summed E-state index contributed by atoms with van der Waals surface area (Å²) in [7, 11) is 0. The Morgan fingerprint density at radius 3 is 2.45 bits per heavy atom. The fourth-order valence-electron chi connectivity index (χ4n) is 2.11. The van der Waals surface area contributed by atoms with E-state index < -0.39 is 5.54 Å². The molecule has 20 heavy (non-hydrogen) atoms. The van der Waals surface area contributed by atoms with Crippen molar-refractivity contribution < 1.29 is 10.0 Å². The fourth-order valence-corrected chi connectivity index (χ4v) is 2.40. The summed E-state index contributed by atoms with van der Waals surface area (Å²) in [5.74, 6) is -0.305. The maximum atomic E-state index is 12.3. The van der Waals surface area contributed by atoms with E-state index in [1.165, 1.54) is 0 Å². The van der Waals surface area contributed by atoms with Gasteiger partial charge in [-0.1, -0.05) is 30.6 Å². The van der Waals surface area contributed by atoms with Crippen molar-refractivity contribution in [2.75, 3.05) is 0 Å². The van der Waals surface area contributed by atoms with Crippen molar-refractivity contribution in [1.29, 1.82) is 0 Å². The van der Waals surface area contributed by atoms with Crippen molar-refractivity contribution in [3.8, 4) is 0 Å². The smallest absolute Gasteiger partial charge is 0.252 e. The number of nitrogens with two attached hydrogens (primary N) is 1. The topological polar surface area (TPSA) is 87.7 Å². The summed E-state index contributed by atoms with van der Waals surface area (Å²) in [6, 6.07) is 5.10. The summed E-state index contributed by atoms with van der Waals surface area (Å²) in [5.41, 5.74) is 6.20. The largest absolute Gasteiger partial charge is 0.409 e. The highest BCUT2D eigenvalue weighted by Crippen LogP contribution is 2.19. The number of halogens is 1. The summed E-state index contributed by atoms with van der Waals surface area (Å²) in [6.07, 6.45) is 1.04. The quantitative estimate of drug-likeness (QED) is 0.338. The van der Waals surface area contributed by atoms with E-state index >= 15 is 0 Å². The van der Waals surface area contributed by atoms with Crippen LogP contribution >= 0.6 is 11.6 Å². The molecule has 0 radical (unpaired) electrons. The molecule has 1 amide bonds. The lowest BCUT2D eigenvalue weighted by molar-refractivity contribution is 0.0917. The molecule has 0 spiro atoms. The molecule has 0 bridgehead atoms. The zero-order chi connectivity index (χ0) is 15.3. The number of hydrogen-bond donors (Lipinski definition) is 3. The molecule has 0 unspecified atom stereocenters. The van der Waals surface area contributed by atoms with Crippen LogP contribution in [0, 0.1) is 6.92 Å². The van der Waals surface area contributed by atoms with E-state index in [4.69, 9.17) is 22.5 Å². The third-order valence-electron chi connectivity index (χ3n) is 3.46. The summed E-state index contributed by atoms with van der Waals surface area (Å²) >= 11 is 5.95. The highest BCUT2D eigenvalue weighted by molar-refractivity contribution is 6.31. The van der Waals surface area contributed by atoms with Gasteiger partial charge < -0.3 is 16.3 Å². The number of aryl methyl sites for hydroxylation is 1. The van der Waals surface area contributed by atoms with Gasteiger partial charge in [0.2, 0.25) is 0 Å². The monoisotopic (exact) mass is 297 g/mol. The van der Waals surface area contributed by atoms with Gasteiger partial charge in [-0.2, -0.15) is 0 Å². The Morgan fingerprint density at radius 1 is 1.40 bits per heavy atom. The van der Waals surface area contributed by atoms with Gasteiger partial charge >= 0.3 is 0 Å². The first-order valence-corrected chi connectivity index (χ1v) is 6.84. The van der Waals surface area contributed by atoms with Gasteiger partial charge in [0, 0.05) is 10.6 Å². The van der Waals surface area contributed by atoms with Gasteiger partial charge in [-0.05, 0) is 43.5 Å². The zero-order valence-electron chi connectivity index (χ0n) is 11.9. The normalized spacial score (nSPS) is 12.3. The van der Waals surface area contributed by atoms with E-state index in [2.05, 4.69) is 10.5 Å². The summed E-state index contributed by atoms with van der Waals surface area (Å²) in [4.78, 5) is 12.3. The van der Waals surface area contributed by atoms with Crippen LogP contribution in [0.25, 0.3) is 0 Å². The highest BCUT2D eigenvalue weighted by atomic mass is 35.5. The van der Waals surface area contributed by atoms with Crippen molar-refractivity contribution in [2.45, 2.75) is 39.2 Å². The molecular formula is C14H20ClN3O2. The van der Waals surface area contributed by atoms with Crippen molar-refractivity contribution in [3.05, 3.63) is 34.3 Å². The number of hydrogen-bond acceptors (Lipinski definition) is 3. The molecule has 0 aliphatic carbocycles. The summed E-state index contributed by atoms with van der Waals surface area (Å²) in [6.45, 7) is 5.59. The second-order valence-electron chi connectivity index (χ2n) is 4.75. The van der Waals surface area contributed by atoms with Crippen molar-refractivity contribution in [3.63, 3.8) is 0 Å². The molecule has 0 aliphatic rings. The van der Waals surface area contributed by atoms with Gasteiger partial charge in [-0.15, -0.1) is 0 Å². The Balaban J connectivity index is 3.08. The van der Waals surface area contributed by atoms with Crippen LogP contribution in [0.3, 0.4) is 0 Å². The predicted molar refractivity (Wildman–Crippen MR) is 80.4 cm³/mol. The number of amidine groups is 1. The molecule has 6 heteroatoms. The van der Waals surface area contributed by atoms with Crippen molar-refractivity contribution in [2.24, 2.45) is 10.9 Å². The van der Waals surface area contributed by atoms with Gasteiger partial charge in [0.15, 0.2) is 5.84 Å². The number of nitrogens with one attached hydrogen (secondary N) is 1. The molecular weight excluding hydrogens is 278 g/mol. The Morgan fingerprint density at radius 2 is 2.00 bits per heavy atom. The minimum atomic E-state index is -0.859. The standard InChI is InChI=1S/C14H20ClN3O2/c1-4-14(5-2,13(16)18-20)17-12(19)10-6-9(3)7-11(15)8-10/h6-8,20H,4-5H2,1-3H3,(H2,16,18)(H,17,19). The van der Waals surface area contributed by atoms with Crippen LogP contribution in [0.5, 0.6) is 0 Å². The molecule has 0 fully saturated rings. The number of benzene rings is 1. The molecule has 5 nitrogen and oxygen atoms in total. The van der Waals surface area contributed by atoms with Crippen LogP contribution in [-0.2, 0) is 0 Å². The number of rotatable bonds is 5. The summed E-state index contributed by atoms with van der Waals surface area (Å²) in [5, 5.41) is 15.3. The number of oxime groups is 1. The van der Waals surface area contributed by atoms with E-state index in [1.54, 1.807) is 18.2 Å². The molecule has 0 saturated carbocycles. The molecule has 1 aromatic carbocycles. The van der Waals surface area contributed by atoms with Gasteiger partial charge in [0.25, 0.3) is 5.91 Å². The van der Waals surface area contributed by atoms with Crippen LogP contribution in [-0.4, -0.2) is 22.5 Å². The summed E-state index contributed by atoms with van der Waals surface area (Å²) < 4.78 is 0. The molecule has 1 rings (SSSR count). The molecule has 0 saturated heterocycles. The Hall–Kier alpha value is -1.75.